The number of ketones is 1. The van der Waals surface area contributed by atoms with Crippen molar-refractivity contribution in [3.05, 3.63) is 71.3 Å². The first-order valence-corrected chi connectivity index (χ1v) is 8.40. The highest BCUT2D eigenvalue weighted by molar-refractivity contribution is 6.11. The van der Waals surface area contributed by atoms with Gasteiger partial charge in [-0.15, -0.1) is 0 Å². The molecule has 0 saturated heterocycles. The molecule has 0 spiro atoms. The molecule has 144 valence electrons. The molecule has 0 fully saturated rings. The number of hydrogen-bond donors (Lipinski definition) is 2. The number of ether oxygens (including phenoxy) is 1. The lowest BCUT2D eigenvalue weighted by atomic mass is 10.1. The third-order valence-electron chi connectivity index (χ3n) is 3.85. The molecule has 0 aromatic heterocycles. The molecule has 0 radical (unpaired) electrons. The highest BCUT2D eigenvalue weighted by atomic mass is 16.5. The molecule has 2 N–H and O–H groups in total. The van der Waals surface area contributed by atoms with Crippen molar-refractivity contribution in [3.63, 3.8) is 0 Å². The number of nitrogens with one attached hydrogen (secondary N) is 2. The first-order chi connectivity index (χ1) is 13.3. The van der Waals surface area contributed by atoms with Crippen molar-refractivity contribution in [2.24, 2.45) is 0 Å². The summed E-state index contributed by atoms with van der Waals surface area (Å²) in [6, 6.07) is 12.8. The molecule has 2 rings (SSSR count). The molecule has 7 nitrogen and oxygen atoms in total. The number of hydrogen-bond acceptors (Lipinski definition) is 5. The van der Waals surface area contributed by atoms with Crippen LogP contribution >= 0.6 is 0 Å². The van der Waals surface area contributed by atoms with Gasteiger partial charge in [0, 0.05) is 22.9 Å². The van der Waals surface area contributed by atoms with Gasteiger partial charge in [-0.25, -0.2) is 4.79 Å². The highest BCUT2D eigenvalue weighted by Gasteiger charge is 2.14. The van der Waals surface area contributed by atoms with E-state index >= 15 is 0 Å². The SMILES string of the molecule is COC(=O)c1ccccc1NC(=O)/C(C)=C\C(=O)Nc1ccc(C(C)=O)cc1. The van der Waals surface area contributed by atoms with Crippen LogP contribution in [0.25, 0.3) is 0 Å². The lowest BCUT2D eigenvalue weighted by Crippen LogP contribution is -2.18. The number of carbonyl (C=O) groups excluding carboxylic acids is 4. The van der Waals surface area contributed by atoms with Gasteiger partial charge >= 0.3 is 5.97 Å². The van der Waals surface area contributed by atoms with Crippen molar-refractivity contribution in [1.29, 1.82) is 0 Å². The first-order valence-electron chi connectivity index (χ1n) is 8.40. The minimum absolute atomic E-state index is 0.0717. The Bertz CT molecular complexity index is 946. The van der Waals surface area contributed by atoms with E-state index in [1.54, 1.807) is 42.5 Å². The van der Waals surface area contributed by atoms with Crippen LogP contribution in [0.2, 0.25) is 0 Å². The Labute approximate surface area is 162 Å². The number of rotatable bonds is 6. The van der Waals surface area contributed by atoms with Gasteiger partial charge in [-0.3, -0.25) is 14.4 Å². The Hall–Kier alpha value is -3.74. The summed E-state index contributed by atoms with van der Waals surface area (Å²) in [5.74, 6) is -1.68. The van der Waals surface area contributed by atoms with Gasteiger partial charge in [0.2, 0.25) is 5.91 Å². The second kappa shape index (κ2) is 9.27. The van der Waals surface area contributed by atoms with Crippen molar-refractivity contribution in [2.45, 2.75) is 13.8 Å². The molecule has 7 heteroatoms. The van der Waals surface area contributed by atoms with Gasteiger partial charge in [-0.1, -0.05) is 12.1 Å². The van der Waals surface area contributed by atoms with E-state index in [0.717, 1.165) is 6.08 Å². The number of methoxy groups -OCH3 is 1. The second-order valence-electron chi connectivity index (χ2n) is 5.94. The molecule has 0 aliphatic carbocycles. The zero-order valence-corrected chi connectivity index (χ0v) is 15.7. The van der Waals surface area contributed by atoms with Crippen LogP contribution in [0.5, 0.6) is 0 Å². The minimum atomic E-state index is -0.579. The number of amides is 2. The summed E-state index contributed by atoms with van der Waals surface area (Å²) >= 11 is 0. The molecular weight excluding hydrogens is 360 g/mol. The van der Waals surface area contributed by atoms with Gasteiger partial charge < -0.3 is 15.4 Å². The lowest BCUT2D eigenvalue weighted by Gasteiger charge is -2.10. The zero-order chi connectivity index (χ0) is 20.7. The van der Waals surface area contributed by atoms with Crippen molar-refractivity contribution >= 4 is 34.9 Å². The molecule has 2 aromatic carbocycles. The number of benzene rings is 2. The van der Waals surface area contributed by atoms with Crippen molar-refractivity contribution < 1.29 is 23.9 Å². The van der Waals surface area contributed by atoms with E-state index < -0.39 is 17.8 Å². The van der Waals surface area contributed by atoms with Crippen LogP contribution in [0.1, 0.15) is 34.6 Å². The molecule has 0 heterocycles. The van der Waals surface area contributed by atoms with Crippen LogP contribution in [-0.4, -0.2) is 30.7 Å². The van der Waals surface area contributed by atoms with Gasteiger partial charge in [-0.2, -0.15) is 0 Å². The van der Waals surface area contributed by atoms with Crippen LogP contribution in [0, 0.1) is 0 Å². The average Bonchev–Trinajstić information content (AvgIpc) is 2.68. The maximum atomic E-state index is 12.3. The number of anilines is 2. The van der Waals surface area contributed by atoms with Crippen LogP contribution in [0.15, 0.2) is 60.2 Å². The van der Waals surface area contributed by atoms with Crippen molar-refractivity contribution in [2.75, 3.05) is 17.7 Å². The Balaban J connectivity index is 2.06. The second-order valence-corrected chi connectivity index (χ2v) is 5.94. The minimum Gasteiger partial charge on any atom is -0.465 e. The van der Waals surface area contributed by atoms with E-state index in [1.807, 2.05) is 0 Å². The van der Waals surface area contributed by atoms with E-state index in [0.29, 0.717) is 11.3 Å². The molecule has 2 aromatic rings. The predicted octanol–water partition coefficient (Wildman–Crippen LogP) is 3.20. The average molecular weight is 380 g/mol. The lowest BCUT2D eigenvalue weighted by molar-refractivity contribution is -0.114. The van der Waals surface area contributed by atoms with Gasteiger partial charge in [0.25, 0.3) is 5.91 Å². The third-order valence-corrected chi connectivity index (χ3v) is 3.85. The van der Waals surface area contributed by atoms with Crippen LogP contribution in [0.4, 0.5) is 11.4 Å². The topological polar surface area (TPSA) is 102 Å². The zero-order valence-electron chi connectivity index (χ0n) is 15.7. The van der Waals surface area contributed by atoms with E-state index in [9.17, 15) is 19.2 Å². The summed E-state index contributed by atoms with van der Waals surface area (Å²) in [6.07, 6.45) is 1.15. The maximum Gasteiger partial charge on any atom is 0.339 e. The summed E-state index contributed by atoms with van der Waals surface area (Å²) in [6.45, 7) is 2.94. The Morgan fingerprint density at radius 1 is 0.893 bits per heavy atom. The molecule has 0 bridgehead atoms. The molecule has 0 atom stereocenters. The summed E-state index contributed by atoms with van der Waals surface area (Å²) in [5, 5.41) is 5.20. The third kappa shape index (κ3) is 5.38. The summed E-state index contributed by atoms with van der Waals surface area (Å²) in [4.78, 5) is 47.5. The maximum absolute atomic E-state index is 12.3. The molecule has 0 aliphatic rings. The smallest absolute Gasteiger partial charge is 0.339 e. The van der Waals surface area contributed by atoms with Gasteiger partial charge in [0.15, 0.2) is 5.78 Å². The van der Waals surface area contributed by atoms with Crippen LogP contribution in [-0.2, 0) is 14.3 Å². The molecule has 0 unspecified atom stereocenters. The van der Waals surface area contributed by atoms with Gasteiger partial charge in [-0.05, 0) is 50.2 Å². The van der Waals surface area contributed by atoms with E-state index in [1.165, 1.54) is 27.0 Å². The number of carbonyl (C=O) groups is 4. The first kappa shape index (κ1) is 20.6. The summed E-state index contributed by atoms with van der Waals surface area (Å²) < 4.78 is 4.68. The Kier molecular flexibility index (Phi) is 6.81. The van der Waals surface area contributed by atoms with Crippen LogP contribution in [0.3, 0.4) is 0 Å². The van der Waals surface area contributed by atoms with Gasteiger partial charge in [0.05, 0.1) is 18.4 Å². The van der Waals surface area contributed by atoms with E-state index in [-0.39, 0.29) is 22.6 Å². The number of esters is 1. The Morgan fingerprint density at radius 2 is 1.54 bits per heavy atom. The number of Topliss-reactive ketones (excluding diaryl/α,β-unsaturated/α-hetero) is 1. The standard InChI is InChI=1S/C21H20N2O5/c1-13(12-19(25)22-16-10-8-15(9-11-16)14(2)24)20(26)23-18-7-5-4-6-17(18)21(27)28-3/h4-12H,1-3H3,(H,22,25)(H,23,26)/b13-12-. The van der Waals surface area contributed by atoms with E-state index in [4.69, 9.17) is 0 Å². The van der Waals surface area contributed by atoms with Crippen molar-refractivity contribution in [1.82, 2.24) is 0 Å². The largest absolute Gasteiger partial charge is 0.465 e. The van der Waals surface area contributed by atoms with Gasteiger partial charge in [0.1, 0.15) is 0 Å². The fourth-order valence-electron chi connectivity index (χ4n) is 2.33. The Morgan fingerprint density at radius 3 is 2.14 bits per heavy atom. The van der Waals surface area contributed by atoms with E-state index in [2.05, 4.69) is 15.4 Å². The summed E-state index contributed by atoms with van der Waals surface area (Å²) in [5.41, 5.74) is 1.68. The fourth-order valence-corrected chi connectivity index (χ4v) is 2.33. The predicted molar refractivity (Wildman–Crippen MR) is 105 cm³/mol. The quantitative estimate of drug-likeness (QED) is 0.455. The molecular formula is C21H20N2O5. The molecule has 0 aliphatic heterocycles. The molecule has 0 saturated carbocycles. The summed E-state index contributed by atoms with van der Waals surface area (Å²) in [7, 11) is 1.25. The molecule has 28 heavy (non-hydrogen) atoms. The van der Waals surface area contributed by atoms with Crippen LogP contribution < -0.4 is 10.6 Å². The fraction of sp³-hybridized carbons (Fsp3) is 0.143. The highest BCUT2D eigenvalue weighted by Crippen LogP contribution is 2.17. The molecule has 2 amide bonds. The normalized spacial score (nSPS) is 10.8. The van der Waals surface area contributed by atoms with Crippen molar-refractivity contribution in [3.8, 4) is 0 Å². The monoisotopic (exact) mass is 380 g/mol. The number of para-hydroxylation sites is 1.